The Balaban J connectivity index is 2.02. The van der Waals surface area contributed by atoms with E-state index in [0.29, 0.717) is 44.1 Å². The molecule has 22 heavy (non-hydrogen) atoms. The molecule has 6 nitrogen and oxygen atoms in total. The van der Waals surface area contributed by atoms with Crippen molar-refractivity contribution in [3.63, 3.8) is 0 Å². The highest BCUT2D eigenvalue weighted by molar-refractivity contribution is 5.97. The number of nitrogens with zero attached hydrogens (tertiary/aromatic N) is 2. The van der Waals surface area contributed by atoms with Gasteiger partial charge in [0.1, 0.15) is 11.8 Å². The predicted octanol–water partition coefficient (Wildman–Crippen LogP) is 1.32. The van der Waals surface area contributed by atoms with E-state index in [4.69, 9.17) is 9.84 Å². The molecule has 1 N–H and O–H groups in total. The lowest BCUT2D eigenvalue weighted by Gasteiger charge is -2.36. The quantitative estimate of drug-likeness (QED) is 0.888. The van der Waals surface area contributed by atoms with Crippen molar-refractivity contribution in [2.45, 2.75) is 19.9 Å². The molecule has 120 valence electrons. The van der Waals surface area contributed by atoms with Gasteiger partial charge in [0.2, 0.25) is 0 Å². The maximum atomic E-state index is 12.6. The largest absolute Gasteiger partial charge is 0.493 e. The Bertz CT molecular complexity index is 539. The Morgan fingerprint density at radius 1 is 1.23 bits per heavy atom. The number of para-hydroxylation sites is 1. The zero-order chi connectivity index (χ0) is 16.1. The summed E-state index contributed by atoms with van der Waals surface area (Å²) in [5, 5.41) is 9.04. The maximum absolute atomic E-state index is 12.6. The Morgan fingerprint density at radius 3 is 2.45 bits per heavy atom. The van der Waals surface area contributed by atoms with E-state index in [2.05, 4.69) is 0 Å². The van der Waals surface area contributed by atoms with Crippen LogP contribution in [0.4, 0.5) is 0 Å². The molecule has 1 aromatic carbocycles. The minimum absolute atomic E-state index is 0.0633. The Hall–Kier alpha value is -2.08. The van der Waals surface area contributed by atoms with Gasteiger partial charge >= 0.3 is 5.97 Å². The van der Waals surface area contributed by atoms with E-state index in [1.165, 1.54) is 0 Å². The summed E-state index contributed by atoms with van der Waals surface area (Å²) < 4.78 is 5.50. The number of hydrogen-bond donors (Lipinski definition) is 1. The van der Waals surface area contributed by atoms with E-state index >= 15 is 0 Å². The first-order valence-electron chi connectivity index (χ1n) is 7.52. The molecule has 6 heteroatoms. The third-order valence-electron chi connectivity index (χ3n) is 3.92. The molecule has 2 rings (SSSR count). The molecule has 1 unspecified atom stereocenters. The molecular formula is C16H22N2O4. The summed E-state index contributed by atoms with van der Waals surface area (Å²) in [5.74, 6) is -0.301. The Morgan fingerprint density at radius 2 is 1.86 bits per heavy atom. The smallest absolute Gasteiger partial charge is 0.320 e. The van der Waals surface area contributed by atoms with Crippen LogP contribution < -0.4 is 4.74 Å². The number of benzene rings is 1. The van der Waals surface area contributed by atoms with Gasteiger partial charge in [-0.1, -0.05) is 12.1 Å². The van der Waals surface area contributed by atoms with Crippen LogP contribution in [0.5, 0.6) is 5.75 Å². The summed E-state index contributed by atoms with van der Waals surface area (Å²) in [6.45, 7) is 6.24. The minimum atomic E-state index is -0.832. The van der Waals surface area contributed by atoms with Crippen molar-refractivity contribution in [3.05, 3.63) is 29.8 Å². The number of aliphatic carboxylic acids is 1. The monoisotopic (exact) mass is 306 g/mol. The van der Waals surface area contributed by atoms with Gasteiger partial charge in [0.05, 0.1) is 12.2 Å². The van der Waals surface area contributed by atoms with Crippen LogP contribution in [0.15, 0.2) is 24.3 Å². The summed E-state index contributed by atoms with van der Waals surface area (Å²) >= 11 is 0. The molecule has 1 atom stereocenters. The van der Waals surface area contributed by atoms with Crippen molar-refractivity contribution in [1.29, 1.82) is 0 Å². The van der Waals surface area contributed by atoms with Crippen molar-refractivity contribution < 1.29 is 19.4 Å². The van der Waals surface area contributed by atoms with E-state index in [1.54, 1.807) is 24.0 Å². The molecule has 0 aromatic heterocycles. The molecule has 1 aromatic rings. The number of carbonyl (C=O) groups excluding carboxylic acids is 1. The molecule has 1 heterocycles. The van der Waals surface area contributed by atoms with Gasteiger partial charge in [-0.25, -0.2) is 0 Å². The number of ether oxygens (including phenoxy) is 1. The SMILES string of the molecule is CCOc1ccccc1C(=O)N1CCN(C(C)C(=O)O)CC1. The number of piperazine rings is 1. The normalized spacial score (nSPS) is 17.1. The number of hydrogen-bond acceptors (Lipinski definition) is 4. The van der Waals surface area contributed by atoms with Crippen LogP contribution in [0.3, 0.4) is 0 Å². The zero-order valence-corrected chi connectivity index (χ0v) is 13.0. The fourth-order valence-electron chi connectivity index (χ4n) is 2.56. The van der Waals surface area contributed by atoms with Gasteiger partial charge in [-0.15, -0.1) is 0 Å². The first-order valence-corrected chi connectivity index (χ1v) is 7.52. The maximum Gasteiger partial charge on any atom is 0.320 e. The summed E-state index contributed by atoms with van der Waals surface area (Å²) in [6.07, 6.45) is 0. The molecule has 1 fully saturated rings. The minimum Gasteiger partial charge on any atom is -0.493 e. The third kappa shape index (κ3) is 3.57. The summed E-state index contributed by atoms with van der Waals surface area (Å²) in [5.41, 5.74) is 0.559. The molecular weight excluding hydrogens is 284 g/mol. The van der Waals surface area contributed by atoms with Crippen LogP contribution in [0.2, 0.25) is 0 Å². The van der Waals surface area contributed by atoms with Gasteiger partial charge in [-0.2, -0.15) is 0 Å². The van der Waals surface area contributed by atoms with Crippen LogP contribution in [0.25, 0.3) is 0 Å². The number of carbonyl (C=O) groups is 2. The van der Waals surface area contributed by atoms with Crippen LogP contribution in [0, 0.1) is 0 Å². The fourth-order valence-corrected chi connectivity index (χ4v) is 2.56. The lowest BCUT2D eigenvalue weighted by atomic mass is 10.1. The van der Waals surface area contributed by atoms with Gasteiger partial charge in [0.25, 0.3) is 5.91 Å². The second-order valence-electron chi connectivity index (χ2n) is 5.27. The van der Waals surface area contributed by atoms with Crippen LogP contribution in [0.1, 0.15) is 24.2 Å². The van der Waals surface area contributed by atoms with E-state index in [9.17, 15) is 9.59 Å². The average Bonchev–Trinajstić information content (AvgIpc) is 2.54. The summed E-state index contributed by atoms with van der Waals surface area (Å²) in [7, 11) is 0. The Labute approximate surface area is 130 Å². The standard InChI is InChI=1S/C16H22N2O4/c1-3-22-14-7-5-4-6-13(14)15(19)18-10-8-17(9-11-18)12(2)16(20)21/h4-7,12H,3,8-11H2,1-2H3,(H,20,21). The van der Waals surface area contributed by atoms with Crippen LogP contribution in [-0.2, 0) is 4.79 Å². The van der Waals surface area contributed by atoms with Gasteiger partial charge in [0, 0.05) is 26.2 Å². The molecule has 0 spiro atoms. The van der Waals surface area contributed by atoms with Crippen molar-refractivity contribution >= 4 is 11.9 Å². The highest BCUT2D eigenvalue weighted by atomic mass is 16.5. The van der Waals surface area contributed by atoms with Gasteiger partial charge in [-0.05, 0) is 26.0 Å². The van der Waals surface area contributed by atoms with Gasteiger partial charge in [0.15, 0.2) is 0 Å². The van der Waals surface area contributed by atoms with Crippen molar-refractivity contribution in [1.82, 2.24) is 9.80 Å². The van der Waals surface area contributed by atoms with Crippen molar-refractivity contribution in [2.24, 2.45) is 0 Å². The molecule has 1 saturated heterocycles. The van der Waals surface area contributed by atoms with Gasteiger partial charge < -0.3 is 14.7 Å². The molecule has 1 amide bonds. The van der Waals surface area contributed by atoms with E-state index in [0.717, 1.165) is 0 Å². The summed E-state index contributed by atoms with van der Waals surface area (Å²) in [6, 6.07) is 6.69. The average molecular weight is 306 g/mol. The molecule has 0 aliphatic carbocycles. The van der Waals surface area contributed by atoms with Crippen LogP contribution >= 0.6 is 0 Å². The fraction of sp³-hybridized carbons (Fsp3) is 0.500. The lowest BCUT2D eigenvalue weighted by Crippen LogP contribution is -2.53. The zero-order valence-electron chi connectivity index (χ0n) is 13.0. The van der Waals surface area contributed by atoms with E-state index < -0.39 is 12.0 Å². The van der Waals surface area contributed by atoms with E-state index in [1.807, 2.05) is 24.0 Å². The highest BCUT2D eigenvalue weighted by Gasteiger charge is 2.28. The molecule has 0 bridgehead atoms. The number of amides is 1. The highest BCUT2D eigenvalue weighted by Crippen LogP contribution is 2.21. The number of carboxylic acids is 1. The third-order valence-corrected chi connectivity index (χ3v) is 3.92. The molecule has 1 aliphatic rings. The molecule has 0 radical (unpaired) electrons. The summed E-state index contributed by atoms with van der Waals surface area (Å²) in [4.78, 5) is 27.3. The lowest BCUT2D eigenvalue weighted by molar-refractivity contribution is -0.143. The topological polar surface area (TPSA) is 70.1 Å². The van der Waals surface area contributed by atoms with Crippen molar-refractivity contribution in [2.75, 3.05) is 32.8 Å². The van der Waals surface area contributed by atoms with Crippen LogP contribution in [-0.4, -0.2) is 65.6 Å². The number of rotatable bonds is 5. The first-order chi connectivity index (χ1) is 10.5. The van der Waals surface area contributed by atoms with E-state index in [-0.39, 0.29) is 5.91 Å². The second-order valence-corrected chi connectivity index (χ2v) is 5.27. The molecule has 0 saturated carbocycles. The molecule has 1 aliphatic heterocycles. The second kappa shape index (κ2) is 7.26. The number of carboxylic acid groups (broad SMARTS) is 1. The van der Waals surface area contributed by atoms with Gasteiger partial charge in [-0.3, -0.25) is 14.5 Å². The first kappa shape index (κ1) is 16.3. The Kier molecular flexibility index (Phi) is 5.38. The predicted molar refractivity (Wildman–Crippen MR) is 82.2 cm³/mol. The van der Waals surface area contributed by atoms with Crippen molar-refractivity contribution in [3.8, 4) is 5.75 Å².